The van der Waals surface area contributed by atoms with Crippen LogP contribution in [0.1, 0.15) is 10.6 Å². The van der Waals surface area contributed by atoms with Crippen molar-refractivity contribution in [3.63, 3.8) is 0 Å². The molecular weight excluding hydrogens is 210 g/mol. The lowest BCUT2D eigenvalue weighted by molar-refractivity contribution is 0.579. The van der Waals surface area contributed by atoms with Gasteiger partial charge in [0.05, 0.1) is 6.26 Å². The second-order valence-corrected chi connectivity index (χ2v) is 4.35. The Morgan fingerprint density at radius 3 is 3.00 bits per heavy atom. The van der Waals surface area contributed by atoms with Crippen LogP contribution in [0.2, 0.25) is 0 Å². The van der Waals surface area contributed by atoms with Crippen molar-refractivity contribution >= 4 is 11.3 Å². The van der Waals surface area contributed by atoms with Crippen LogP contribution in [0.4, 0.5) is 0 Å². The number of furan rings is 1. The van der Waals surface area contributed by atoms with Crippen LogP contribution in [0.3, 0.4) is 0 Å². The van der Waals surface area contributed by atoms with Crippen molar-refractivity contribution in [2.24, 2.45) is 0 Å². The van der Waals surface area contributed by atoms with E-state index in [1.807, 2.05) is 20.0 Å². The standard InChI is InChI=1S/C10H13N3OS/c1-7-4-6-14-9(7)10-13-12-8(15-10)3-5-11-2/h4,6,11H,3,5H2,1-2H3. The summed E-state index contributed by atoms with van der Waals surface area (Å²) in [6, 6.07) is 1.93. The summed E-state index contributed by atoms with van der Waals surface area (Å²) in [5.41, 5.74) is 1.10. The van der Waals surface area contributed by atoms with Gasteiger partial charge in [-0.25, -0.2) is 0 Å². The molecule has 0 saturated carbocycles. The molecule has 0 saturated heterocycles. The van der Waals surface area contributed by atoms with Crippen molar-refractivity contribution in [2.45, 2.75) is 13.3 Å². The third kappa shape index (κ3) is 2.24. The largest absolute Gasteiger partial charge is 0.461 e. The van der Waals surface area contributed by atoms with Gasteiger partial charge in [0, 0.05) is 13.0 Å². The van der Waals surface area contributed by atoms with Crippen LogP contribution >= 0.6 is 11.3 Å². The fraction of sp³-hybridized carbons (Fsp3) is 0.400. The molecule has 0 fully saturated rings. The molecule has 0 aliphatic carbocycles. The summed E-state index contributed by atoms with van der Waals surface area (Å²) in [5, 5.41) is 13.2. The first kappa shape index (κ1) is 10.3. The van der Waals surface area contributed by atoms with Crippen molar-refractivity contribution in [3.8, 4) is 10.8 Å². The lowest BCUT2D eigenvalue weighted by atomic mass is 10.3. The molecule has 0 aliphatic rings. The molecule has 5 heteroatoms. The van der Waals surface area contributed by atoms with Gasteiger partial charge in [-0.2, -0.15) is 0 Å². The number of hydrogen-bond donors (Lipinski definition) is 1. The van der Waals surface area contributed by atoms with Crippen LogP contribution in [0.15, 0.2) is 16.7 Å². The van der Waals surface area contributed by atoms with Crippen molar-refractivity contribution in [1.29, 1.82) is 0 Å². The Kier molecular flexibility index (Phi) is 3.13. The Labute approximate surface area is 92.3 Å². The summed E-state index contributed by atoms with van der Waals surface area (Å²) in [5.74, 6) is 0.836. The fourth-order valence-electron chi connectivity index (χ4n) is 1.27. The van der Waals surface area contributed by atoms with Crippen molar-refractivity contribution < 1.29 is 4.42 Å². The predicted octanol–water partition coefficient (Wildman–Crippen LogP) is 1.87. The summed E-state index contributed by atoms with van der Waals surface area (Å²) >= 11 is 1.59. The predicted molar refractivity (Wildman–Crippen MR) is 60.0 cm³/mol. The second-order valence-electron chi connectivity index (χ2n) is 3.29. The third-order valence-corrected chi connectivity index (χ3v) is 3.09. The molecule has 80 valence electrons. The van der Waals surface area contributed by atoms with Gasteiger partial charge in [0.25, 0.3) is 0 Å². The van der Waals surface area contributed by atoms with Crippen LogP contribution < -0.4 is 5.32 Å². The maximum absolute atomic E-state index is 5.36. The van der Waals surface area contributed by atoms with Crippen LogP contribution in [-0.4, -0.2) is 23.8 Å². The molecule has 1 N–H and O–H groups in total. The van der Waals surface area contributed by atoms with Gasteiger partial charge in [-0.1, -0.05) is 11.3 Å². The minimum atomic E-state index is 0.836. The average molecular weight is 223 g/mol. The summed E-state index contributed by atoms with van der Waals surface area (Å²) in [4.78, 5) is 0. The maximum Gasteiger partial charge on any atom is 0.183 e. The zero-order valence-electron chi connectivity index (χ0n) is 8.78. The Hall–Kier alpha value is -1.20. The van der Waals surface area contributed by atoms with Gasteiger partial charge in [0.2, 0.25) is 0 Å². The van der Waals surface area contributed by atoms with Crippen molar-refractivity contribution in [3.05, 3.63) is 22.9 Å². The Balaban J connectivity index is 2.17. The van der Waals surface area contributed by atoms with E-state index in [0.717, 1.165) is 34.3 Å². The minimum absolute atomic E-state index is 0.836. The number of aromatic nitrogens is 2. The van der Waals surface area contributed by atoms with E-state index in [0.29, 0.717) is 0 Å². The lowest BCUT2D eigenvalue weighted by Gasteiger charge is -1.92. The fourth-order valence-corrected chi connectivity index (χ4v) is 2.16. The number of hydrogen-bond acceptors (Lipinski definition) is 5. The quantitative estimate of drug-likeness (QED) is 0.859. The normalized spacial score (nSPS) is 10.8. The van der Waals surface area contributed by atoms with E-state index in [4.69, 9.17) is 4.42 Å². The molecule has 0 bridgehead atoms. The molecule has 0 aliphatic heterocycles. The molecule has 2 rings (SSSR count). The number of aryl methyl sites for hydroxylation is 1. The van der Waals surface area contributed by atoms with E-state index in [1.165, 1.54) is 0 Å². The number of likely N-dealkylation sites (N-methyl/N-ethyl adjacent to an activating group) is 1. The summed E-state index contributed by atoms with van der Waals surface area (Å²) < 4.78 is 5.36. The molecule has 0 atom stereocenters. The van der Waals surface area contributed by atoms with E-state index in [-0.39, 0.29) is 0 Å². The van der Waals surface area contributed by atoms with Crippen molar-refractivity contribution in [2.75, 3.05) is 13.6 Å². The first-order chi connectivity index (χ1) is 7.31. The first-order valence-electron chi connectivity index (χ1n) is 4.82. The SMILES string of the molecule is CNCCc1nnc(-c2occc2C)s1. The highest BCUT2D eigenvalue weighted by atomic mass is 32.1. The van der Waals surface area contributed by atoms with E-state index in [1.54, 1.807) is 17.6 Å². The molecule has 0 unspecified atom stereocenters. The summed E-state index contributed by atoms with van der Waals surface area (Å²) in [6.45, 7) is 2.93. The highest BCUT2D eigenvalue weighted by Crippen LogP contribution is 2.27. The molecule has 0 amide bonds. The number of rotatable bonds is 4. The molecule has 0 spiro atoms. The lowest BCUT2D eigenvalue weighted by Crippen LogP contribution is -2.09. The molecule has 2 aromatic heterocycles. The van der Waals surface area contributed by atoms with E-state index in [2.05, 4.69) is 15.5 Å². The summed E-state index contributed by atoms with van der Waals surface area (Å²) in [7, 11) is 1.93. The van der Waals surface area contributed by atoms with E-state index < -0.39 is 0 Å². The maximum atomic E-state index is 5.36. The molecular formula is C10H13N3OS. The molecule has 4 nitrogen and oxygen atoms in total. The monoisotopic (exact) mass is 223 g/mol. The van der Waals surface area contributed by atoms with Gasteiger partial charge in [-0.15, -0.1) is 10.2 Å². The summed E-state index contributed by atoms with van der Waals surface area (Å²) in [6.07, 6.45) is 2.59. The number of nitrogens with zero attached hydrogens (tertiary/aromatic N) is 2. The van der Waals surface area contributed by atoms with Crippen LogP contribution in [0, 0.1) is 6.92 Å². The average Bonchev–Trinajstić information content (AvgIpc) is 2.83. The van der Waals surface area contributed by atoms with Crippen molar-refractivity contribution in [1.82, 2.24) is 15.5 Å². The molecule has 0 radical (unpaired) electrons. The highest BCUT2D eigenvalue weighted by Gasteiger charge is 2.11. The molecule has 2 heterocycles. The van der Waals surface area contributed by atoms with Crippen LogP contribution in [-0.2, 0) is 6.42 Å². The zero-order valence-corrected chi connectivity index (χ0v) is 9.60. The van der Waals surface area contributed by atoms with Gasteiger partial charge in [0.15, 0.2) is 10.8 Å². The zero-order chi connectivity index (χ0) is 10.7. The van der Waals surface area contributed by atoms with Gasteiger partial charge < -0.3 is 9.73 Å². The van der Waals surface area contributed by atoms with E-state index in [9.17, 15) is 0 Å². The van der Waals surface area contributed by atoms with Crippen LogP contribution in [0.5, 0.6) is 0 Å². The Morgan fingerprint density at radius 1 is 1.47 bits per heavy atom. The molecule has 2 aromatic rings. The van der Waals surface area contributed by atoms with E-state index >= 15 is 0 Å². The smallest absolute Gasteiger partial charge is 0.183 e. The molecule has 0 aromatic carbocycles. The third-order valence-electron chi connectivity index (χ3n) is 2.11. The van der Waals surface area contributed by atoms with Gasteiger partial charge in [-0.05, 0) is 25.6 Å². The van der Waals surface area contributed by atoms with Gasteiger partial charge in [0.1, 0.15) is 5.01 Å². The Bertz CT molecular complexity index is 435. The number of nitrogens with one attached hydrogen (secondary N) is 1. The Morgan fingerprint density at radius 2 is 2.33 bits per heavy atom. The minimum Gasteiger partial charge on any atom is -0.461 e. The molecule has 15 heavy (non-hydrogen) atoms. The second kappa shape index (κ2) is 4.55. The van der Waals surface area contributed by atoms with Gasteiger partial charge in [-0.3, -0.25) is 0 Å². The first-order valence-corrected chi connectivity index (χ1v) is 5.64. The van der Waals surface area contributed by atoms with Gasteiger partial charge >= 0.3 is 0 Å². The topological polar surface area (TPSA) is 51.0 Å². The highest BCUT2D eigenvalue weighted by molar-refractivity contribution is 7.14. The van der Waals surface area contributed by atoms with Crippen LogP contribution in [0.25, 0.3) is 10.8 Å².